The summed E-state index contributed by atoms with van der Waals surface area (Å²) in [4.78, 5) is 8.34. The van der Waals surface area contributed by atoms with Gasteiger partial charge in [0.15, 0.2) is 0 Å². The van der Waals surface area contributed by atoms with Crippen LogP contribution >= 0.6 is 15.9 Å². The Morgan fingerprint density at radius 3 is 2.34 bits per heavy atom. The predicted octanol–water partition coefficient (Wildman–Crippen LogP) is 3.83. The number of hydrogen-bond acceptors (Lipinski definition) is 6. The molecule has 0 aliphatic carbocycles. The van der Waals surface area contributed by atoms with Crippen LogP contribution in [0.1, 0.15) is 0 Å². The van der Waals surface area contributed by atoms with Crippen molar-refractivity contribution in [2.75, 3.05) is 38.1 Å². The molecule has 2 aromatic carbocycles. The van der Waals surface area contributed by atoms with Crippen molar-refractivity contribution < 1.29 is 17.2 Å². The number of benzene rings is 2. The molecule has 152 valence electrons. The summed E-state index contributed by atoms with van der Waals surface area (Å²) >= 11 is 3.31. The number of sulfone groups is 1. The molecule has 0 amide bonds. The van der Waals surface area contributed by atoms with Crippen LogP contribution in [0.3, 0.4) is 0 Å². The minimum absolute atomic E-state index is 0.0484. The highest BCUT2D eigenvalue weighted by atomic mass is 79.9. The minimum atomic E-state index is -3.95. The molecule has 29 heavy (non-hydrogen) atoms. The highest BCUT2D eigenvalue weighted by molar-refractivity contribution is 9.10. The van der Waals surface area contributed by atoms with Crippen LogP contribution in [0, 0.1) is 5.82 Å². The van der Waals surface area contributed by atoms with Crippen LogP contribution in [0.25, 0.3) is 11.5 Å². The van der Waals surface area contributed by atoms with E-state index in [-0.39, 0.29) is 27.3 Å². The van der Waals surface area contributed by atoms with E-state index in [1.54, 1.807) is 24.3 Å². The van der Waals surface area contributed by atoms with Crippen molar-refractivity contribution >= 4 is 31.7 Å². The summed E-state index contributed by atoms with van der Waals surface area (Å²) in [7, 11) is -1.95. The molecule has 0 radical (unpaired) electrons. The zero-order chi connectivity index (χ0) is 20.6. The van der Waals surface area contributed by atoms with E-state index in [0.29, 0.717) is 13.1 Å². The van der Waals surface area contributed by atoms with Crippen LogP contribution in [0.2, 0.25) is 0 Å². The van der Waals surface area contributed by atoms with Gasteiger partial charge in [0.05, 0.1) is 10.5 Å². The molecule has 4 rings (SSSR count). The van der Waals surface area contributed by atoms with Gasteiger partial charge in [-0.15, -0.1) is 0 Å². The number of likely N-dealkylation sites (N-methyl/N-ethyl adjacent to an activating group) is 1. The molecule has 0 spiro atoms. The van der Waals surface area contributed by atoms with Gasteiger partial charge in [-0.25, -0.2) is 12.8 Å². The maximum Gasteiger partial charge on any atom is 0.236 e. The molecule has 0 N–H and O–H groups in total. The summed E-state index contributed by atoms with van der Waals surface area (Å²) in [5.74, 6) is -0.418. The fraction of sp³-hybridized carbons (Fsp3) is 0.250. The normalized spacial score (nSPS) is 15.6. The van der Waals surface area contributed by atoms with E-state index in [9.17, 15) is 12.8 Å². The maximum absolute atomic E-state index is 14.3. The van der Waals surface area contributed by atoms with E-state index in [4.69, 9.17) is 4.42 Å². The van der Waals surface area contributed by atoms with E-state index in [1.165, 1.54) is 24.3 Å². The number of anilines is 1. The van der Waals surface area contributed by atoms with Crippen molar-refractivity contribution in [3.63, 3.8) is 0 Å². The molecule has 3 aromatic rings. The summed E-state index contributed by atoms with van der Waals surface area (Å²) in [5.41, 5.74) is 0.125. The Morgan fingerprint density at radius 1 is 1.03 bits per heavy atom. The average molecular weight is 480 g/mol. The van der Waals surface area contributed by atoms with Crippen molar-refractivity contribution in [3.05, 3.63) is 58.8 Å². The number of rotatable bonds is 4. The second-order valence-corrected chi connectivity index (χ2v) is 9.64. The van der Waals surface area contributed by atoms with E-state index < -0.39 is 15.7 Å². The third-order valence-electron chi connectivity index (χ3n) is 4.85. The quantitative estimate of drug-likeness (QED) is 0.566. The average Bonchev–Trinajstić information content (AvgIpc) is 3.15. The van der Waals surface area contributed by atoms with E-state index in [2.05, 4.69) is 25.8 Å². The standard InChI is InChI=1S/C20H19BrFN3O3S/c1-24-10-12-25(13-11-24)20-19(29(26,27)15-8-6-14(21)7-9-15)23-18(28-20)16-4-2-3-5-17(16)22/h2-9H,10-13H2,1H3. The van der Waals surface area contributed by atoms with Crippen molar-refractivity contribution in [1.29, 1.82) is 0 Å². The predicted molar refractivity (Wildman–Crippen MR) is 111 cm³/mol. The molecular weight excluding hydrogens is 461 g/mol. The van der Waals surface area contributed by atoms with Gasteiger partial charge in [-0.1, -0.05) is 28.1 Å². The number of nitrogens with zero attached hydrogens (tertiary/aromatic N) is 3. The Morgan fingerprint density at radius 2 is 1.69 bits per heavy atom. The maximum atomic E-state index is 14.3. The second kappa shape index (κ2) is 7.89. The molecule has 1 saturated heterocycles. The first kappa shape index (κ1) is 20.1. The van der Waals surface area contributed by atoms with Gasteiger partial charge >= 0.3 is 0 Å². The van der Waals surface area contributed by atoms with Crippen molar-refractivity contribution in [1.82, 2.24) is 9.88 Å². The van der Waals surface area contributed by atoms with Gasteiger partial charge < -0.3 is 14.2 Å². The Kier molecular flexibility index (Phi) is 5.46. The van der Waals surface area contributed by atoms with Gasteiger partial charge in [-0.3, -0.25) is 0 Å². The van der Waals surface area contributed by atoms with Gasteiger partial charge in [-0.05, 0) is 43.4 Å². The van der Waals surface area contributed by atoms with Gasteiger partial charge in [-0.2, -0.15) is 4.98 Å². The number of piperazine rings is 1. The van der Waals surface area contributed by atoms with E-state index in [1.807, 2.05) is 11.9 Å². The number of halogens is 2. The summed E-state index contributed by atoms with van der Waals surface area (Å²) in [6.45, 7) is 2.69. The fourth-order valence-electron chi connectivity index (χ4n) is 3.16. The summed E-state index contributed by atoms with van der Waals surface area (Å²) in [6.07, 6.45) is 0. The first-order chi connectivity index (χ1) is 13.9. The van der Waals surface area contributed by atoms with Crippen LogP contribution in [0.15, 0.2) is 67.3 Å². The number of oxazole rings is 1. The lowest BCUT2D eigenvalue weighted by Crippen LogP contribution is -2.44. The first-order valence-corrected chi connectivity index (χ1v) is 11.3. The van der Waals surface area contributed by atoms with Crippen molar-refractivity contribution in [3.8, 4) is 11.5 Å². The largest absolute Gasteiger partial charge is 0.419 e. The van der Waals surface area contributed by atoms with Gasteiger partial charge in [0.2, 0.25) is 26.6 Å². The van der Waals surface area contributed by atoms with Gasteiger partial charge in [0, 0.05) is 30.7 Å². The number of hydrogen-bond donors (Lipinski definition) is 0. The Hall–Kier alpha value is -2.23. The van der Waals surface area contributed by atoms with Crippen LogP contribution in [0.5, 0.6) is 0 Å². The lowest BCUT2D eigenvalue weighted by Gasteiger charge is -2.32. The lowest BCUT2D eigenvalue weighted by atomic mass is 10.2. The van der Waals surface area contributed by atoms with Crippen molar-refractivity contribution in [2.45, 2.75) is 9.92 Å². The zero-order valence-electron chi connectivity index (χ0n) is 15.7. The zero-order valence-corrected chi connectivity index (χ0v) is 18.1. The first-order valence-electron chi connectivity index (χ1n) is 9.06. The molecule has 1 aliphatic rings. The Bertz CT molecular complexity index is 1120. The molecule has 2 heterocycles. The topological polar surface area (TPSA) is 66.7 Å². The van der Waals surface area contributed by atoms with Crippen LogP contribution in [-0.2, 0) is 9.84 Å². The van der Waals surface area contributed by atoms with Crippen LogP contribution in [-0.4, -0.2) is 51.5 Å². The van der Waals surface area contributed by atoms with Crippen LogP contribution < -0.4 is 4.90 Å². The third-order valence-corrected chi connectivity index (χ3v) is 7.05. The molecule has 1 aromatic heterocycles. The van der Waals surface area contributed by atoms with Crippen LogP contribution in [0.4, 0.5) is 10.3 Å². The molecule has 0 saturated carbocycles. The fourth-order valence-corrected chi connectivity index (χ4v) is 4.74. The molecule has 1 aliphatic heterocycles. The highest BCUT2D eigenvalue weighted by Gasteiger charge is 2.32. The van der Waals surface area contributed by atoms with E-state index >= 15 is 0 Å². The van der Waals surface area contributed by atoms with Gasteiger partial charge in [0.25, 0.3) is 0 Å². The minimum Gasteiger partial charge on any atom is -0.419 e. The molecule has 0 unspecified atom stereocenters. The van der Waals surface area contributed by atoms with Gasteiger partial charge in [0.1, 0.15) is 5.82 Å². The van der Waals surface area contributed by atoms with Crippen molar-refractivity contribution in [2.24, 2.45) is 0 Å². The Labute approximate surface area is 177 Å². The lowest BCUT2D eigenvalue weighted by molar-refractivity contribution is 0.305. The summed E-state index contributed by atoms with van der Waals surface area (Å²) in [6, 6.07) is 12.3. The highest BCUT2D eigenvalue weighted by Crippen LogP contribution is 2.36. The molecular formula is C20H19BrFN3O3S. The summed E-state index contributed by atoms with van der Waals surface area (Å²) in [5, 5.41) is -0.192. The Balaban J connectivity index is 1.85. The van der Waals surface area contributed by atoms with E-state index in [0.717, 1.165) is 17.6 Å². The molecule has 9 heteroatoms. The second-order valence-electron chi connectivity index (χ2n) is 6.86. The monoisotopic (exact) mass is 479 g/mol. The smallest absolute Gasteiger partial charge is 0.236 e. The SMILES string of the molecule is CN1CCN(c2oc(-c3ccccc3F)nc2S(=O)(=O)c2ccc(Br)cc2)CC1. The third kappa shape index (κ3) is 3.94. The molecule has 0 bridgehead atoms. The summed E-state index contributed by atoms with van der Waals surface area (Å²) < 4.78 is 47.6. The molecule has 0 atom stereocenters. The number of aromatic nitrogens is 1. The molecule has 1 fully saturated rings. The molecule has 6 nitrogen and oxygen atoms in total.